The standard InChI is InChI=1S/C16H16O4/c1-18-13-9-12(10-17)14(11-7-5-4-6-8-11)16(20-3)15(13)19-2/h4-10H,1-3H3. The molecule has 0 fully saturated rings. The molecule has 0 heterocycles. The Morgan fingerprint density at radius 2 is 1.55 bits per heavy atom. The topological polar surface area (TPSA) is 44.8 Å². The lowest BCUT2D eigenvalue weighted by atomic mass is 9.98. The number of rotatable bonds is 5. The van der Waals surface area contributed by atoms with Crippen molar-refractivity contribution in [3.05, 3.63) is 42.0 Å². The van der Waals surface area contributed by atoms with E-state index in [9.17, 15) is 4.79 Å². The van der Waals surface area contributed by atoms with E-state index in [-0.39, 0.29) is 0 Å². The predicted octanol–water partition coefficient (Wildman–Crippen LogP) is 3.19. The molecule has 4 nitrogen and oxygen atoms in total. The molecular weight excluding hydrogens is 256 g/mol. The van der Waals surface area contributed by atoms with Crippen LogP contribution in [0.4, 0.5) is 0 Å². The second-order valence-electron chi connectivity index (χ2n) is 4.09. The van der Waals surface area contributed by atoms with Crippen molar-refractivity contribution in [2.45, 2.75) is 0 Å². The molecule has 0 N–H and O–H groups in total. The first-order chi connectivity index (χ1) is 9.76. The molecule has 0 aliphatic heterocycles. The van der Waals surface area contributed by atoms with Gasteiger partial charge in [-0.1, -0.05) is 30.3 Å². The monoisotopic (exact) mass is 272 g/mol. The van der Waals surface area contributed by atoms with Gasteiger partial charge >= 0.3 is 0 Å². The molecule has 20 heavy (non-hydrogen) atoms. The SMILES string of the molecule is COc1cc(C=O)c(-c2ccccc2)c(OC)c1OC. The van der Waals surface area contributed by atoms with Gasteiger partial charge in [-0.3, -0.25) is 4.79 Å². The number of hydrogen-bond donors (Lipinski definition) is 0. The van der Waals surface area contributed by atoms with Gasteiger partial charge in [-0.25, -0.2) is 0 Å². The van der Waals surface area contributed by atoms with Crippen LogP contribution in [-0.4, -0.2) is 27.6 Å². The third kappa shape index (κ3) is 2.32. The maximum absolute atomic E-state index is 11.4. The summed E-state index contributed by atoms with van der Waals surface area (Å²) >= 11 is 0. The fourth-order valence-electron chi connectivity index (χ4n) is 2.17. The molecule has 0 aliphatic rings. The van der Waals surface area contributed by atoms with E-state index in [4.69, 9.17) is 14.2 Å². The molecule has 0 spiro atoms. The Morgan fingerprint density at radius 3 is 2.05 bits per heavy atom. The third-order valence-electron chi connectivity index (χ3n) is 3.05. The molecule has 0 radical (unpaired) electrons. The second-order valence-corrected chi connectivity index (χ2v) is 4.09. The Morgan fingerprint density at radius 1 is 0.900 bits per heavy atom. The molecule has 0 saturated heterocycles. The maximum Gasteiger partial charge on any atom is 0.203 e. The van der Waals surface area contributed by atoms with Crippen molar-refractivity contribution in [3.63, 3.8) is 0 Å². The highest BCUT2D eigenvalue weighted by molar-refractivity contribution is 5.93. The predicted molar refractivity (Wildman–Crippen MR) is 76.9 cm³/mol. The fraction of sp³-hybridized carbons (Fsp3) is 0.188. The molecule has 0 unspecified atom stereocenters. The molecular formula is C16H16O4. The van der Waals surface area contributed by atoms with E-state index >= 15 is 0 Å². The van der Waals surface area contributed by atoms with E-state index in [0.717, 1.165) is 11.8 Å². The van der Waals surface area contributed by atoms with Gasteiger partial charge in [0, 0.05) is 11.1 Å². The van der Waals surface area contributed by atoms with Crippen LogP contribution in [0.5, 0.6) is 17.2 Å². The smallest absolute Gasteiger partial charge is 0.203 e. The van der Waals surface area contributed by atoms with Crippen LogP contribution in [0.2, 0.25) is 0 Å². The van der Waals surface area contributed by atoms with Crippen molar-refractivity contribution in [2.75, 3.05) is 21.3 Å². The van der Waals surface area contributed by atoms with E-state index in [1.165, 1.54) is 21.3 Å². The Labute approximate surface area is 117 Å². The number of aldehydes is 1. The molecule has 0 atom stereocenters. The van der Waals surface area contributed by atoms with Crippen molar-refractivity contribution < 1.29 is 19.0 Å². The first-order valence-electron chi connectivity index (χ1n) is 6.10. The minimum Gasteiger partial charge on any atom is -0.493 e. The van der Waals surface area contributed by atoms with Crippen LogP contribution in [0, 0.1) is 0 Å². The Balaban J connectivity index is 2.80. The zero-order chi connectivity index (χ0) is 14.5. The number of ether oxygens (including phenoxy) is 3. The second kappa shape index (κ2) is 6.10. The molecule has 4 heteroatoms. The zero-order valence-corrected chi connectivity index (χ0v) is 11.7. The Hall–Kier alpha value is -2.49. The third-order valence-corrected chi connectivity index (χ3v) is 3.05. The quantitative estimate of drug-likeness (QED) is 0.784. The molecule has 2 aromatic rings. The van der Waals surface area contributed by atoms with Gasteiger partial charge in [0.05, 0.1) is 21.3 Å². The molecule has 0 bridgehead atoms. The van der Waals surface area contributed by atoms with E-state index in [1.807, 2.05) is 30.3 Å². The highest BCUT2D eigenvalue weighted by Gasteiger charge is 2.21. The summed E-state index contributed by atoms with van der Waals surface area (Å²) in [4.78, 5) is 11.4. The van der Waals surface area contributed by atoms with Gasteiger partial charge in [-0.05, 0) is 11.6 Å². The summed E-state index contributed by atoms with van der Waals surface area (Å²) in [5.41, 5.74) is 2.07. The molecule has 0 amide bonds. The molecule has 0 saturated carbocycles. The number of carbonyl (C=O) groups excluding carboxylic acids is 1. The summed E-state index contributed by atoms with van der Waals surface area (Å²) in [7, 11) is 4.60. The summed E-state index contributed by atoms with van der Waals surface area (Å²) in [5, 5.41) is 0. The van der Waals surface area contributed by atoms with Crippen molar-refractivity contribution in [3.8, 4) is 28.4 Å². The van der Waals surface area contributed by atoms with Gasteiger partial charge in [-0.15, -0.1) is 0 Å². The van der Waals surface area contributed by atoms with Crippen LogP contribution >= 0.6 is 0 Å². The summed E-state index contributed by atoms with van der Waals surface area (Å²) < 4.78 is 16.0. The minimum atomic E-state index is 0.464. The molecule has 104 valence electrons. The fourth-order valence-corrected chi connectivity index (χ4v) is 2.17. The molecule has 2 aromatic carbocycles. The van der Waals surface area contributed by atoms with Crippen LogP contribution in [0.3, 0.4) is 0 Å². The van der Waals surface area contributed by atoms with Crippen molar-refractivity contribution in [1.82, 2.24) is 0 Å². The lowest BCUT2D eigenvalue weighted by Crippen LogP contribution is -2.00. The number of benzene rings is 2. The van der Waals surface area contributed by atoms with Crippen LogP contribution in [0.1, 0.15) is 10.4 Å². The highest BCUT2D eigenvalue weighted by atomic mass is 16.5. The van der Waals surface area contributed by atoms with Crippen LogP contribution < -0.4 is 14.2 Å². The highest BCUT2D eigenvalue weighted by Crippen LogP contribution is 2.46. The Bertz CT molecular complexity index is 606. The summed E-state index contributed by atoms with van der Waals surface area (Å²) in [6, 6.07) is 11.2. The largest absolute Gasteiger partial charge is 0.493 e. The number of methoxy groups -OCH3 is 3. The summed E-state index contributed by atoms with van der Waals surface area (Å²) in [6.45, 7) is 0. The normalized spacial score (nSPS) is 9.95. The lowest BCUT2D eigenvalue weighted by Gasteiger charge is -2.17. The summed E-state index contributed by atoms with van der Waals surface area (Å²) in [6.07, 6.45) is 0.785. The number of hydrogen-bond acceptors (Lipinski definition) is 4. The summed E-state index contributed by atoms with van der Waals surface area (Å²) in [5.74, 6) is 1.42. The van der Waals surface area contributed by atoms with Crippen LogP contribution in [0.15, 0.2) is 36.4 Å². The lowest BCUT2D eigenvalue weighted by molar-refractivity contribution is 0.112. The zero-order valence-electron chi connectivity index (χ0n) is 11.7. The average molecular weight is 272 g/mol. The van der Waals surface area contributed by atoms with Crippen molar-refractivity contribution in [1.29, 1.82) is 0 Å². The first-order valence-corrected chi connectivity index (χ1v) is 6.10. The van der Waals surface area contributed by atoms with Gasteiger partial charge in [-0.2, -0.15) is 0 Å². The van der Waals surface area contributed by atoms with Crippen molar-refractivity contribution in [2.24, 2.45) is 0 Å². The molecule has 0 aliphatic carbocycles. The van der Waals surface area contributed by atoms with Gasteiger partial charge in [0.25, 0.3) is 0 Å². The average Bonchev–Trinajstić information content (AvgIpc) is 2.53. The minimum absolute atomic E-state index is 0.464. The van der Waals surface area contributed by atoms with E-state index in [2.05, 4.69) is 0 Å². The van der Waals surface area contributed by atoms with Crippen LogP contribution in [0.25, 0.3) is 11.1 Å². The first kappa shape index (κ1) is 13.9. The van der Waals surface area contributed by atoms with Crippen molar-refractivity contribution >= 4 is 6.29 Å². The molecule has 2 rings (SSSR count). The maximum atomic E-state index is 11.4. The number of carbonyl (C=O) groups is 1. The van der Waals surface area contributed by atoms with Gasteiger partial charge in [0.1, 0.15) is 0 Å². The molecule has 0 aromatic heterocycles. The van der Waals surface area contributed by atoms with Gasteiger partial charge < -0.3 is 14.2 Å². The van der Waals surface area contributed by atoms with Gasteiger partial charge in [0.2, 0.25) is 5.75 Å². The van der Waals surface area contributed by atoms with E-state index < -0.39 is 0 Å². The van der Waals surface area contributed by atoms with Crippen LogP contribution in [-0.2, 0) is 0 Å². The Kier molecular flexibility index (Phi) is 4.25. The van der Waals surface area contributed by atoms with Gasteiger partial charge in [0.15, 0.2) is 17.8 Å². The van der Waals surface area contributed by atoms with E-state index in [0.29, 0.717) is 28.4 Å². The van der Waals surface area contributed by atoms with E-state index in [1.54, 1.807) is 6.07 Å².